The van der Waals surface area contributed by atoms with Crippen LogP contribution in [0.1, 0.15) is 21.5 Å². The van der Waals surface area contributed by atoms with E-state index in [4.69, 9.17) is 4.74 Å². The molecule has 5 nitrogen and oxygen atoms in total. The van der Waals surface area contributed by atoms with Crippen LogP contribution in [-0.4, -0.2) is 42.1 Å². The van der Waals surface area contributed by atoms with Crippen LogP contribution in [0.15, 0.2) is 36.2 Å². The number of Topliss-reactive ketones (excluding diaryl/α,β-unsaturated/α-hetero) is 1. The molecule has 0 unspecified atom stereocenters. The molecular weight excluding hydrogens is 309 g/mol. The van der Waals surface area contributed by atoms with E-state index in [1.807, 2.05) is 0 Å². The van der Waals surface area contributed by atoms with Gasteiger partial charge in [-0.25, -0.2) is 14.4 Å². The van der Waals surface area contributed by atoms with Gasteiger partial charge < -0.3 is 9.64 Å². The molecule has 0 saturated carbocycles. The average molecular weight is 325 g/mol. The zero-order valence-corrected chi connectivity index (χ0v) is 13.0. The summed E-state index contributed by atoms with van der Waals surface area (Å²) in [7, 11) is 0. The molecule has 4 rings (SSSR count). The van der Waals surface area contributed by atoms with Gasteiger partial charge in [-0.05, 0) is 23.8 Å². The Bertz CT molecular complexity index is 812. The summed E-state index contributed by atoms with van der Waals surface area (Å²) in [5.41, 5.74) is 2.72. The second-order valence-electron chi connectivity index (χ2n) is 5.89. The van der Waals surface area contributed by atoms with Crippen LogP contribution in [-0.2, 0) is 11.2 Å². The van der Waals surface area contributed by atoms with Gasteiger partial charge in [0.1, 0.15) is 5.82 Å². The third-order valence-corrected chi connectivity index (χ3v) is 4.28. The van der Waals surface area contributed by atoms with E-state index in [1.165, 1.54) is 12.1 Å². The van der Waals surface area contributed by atoms with Crippen LogP contribution < -0.4 is 4.90 Å². The lowest BCUT2D eigenvalue weighted by atomic mass is 10.1. The lowest BCUT2D eigenvalue weighted by Gasteiger charge is -2.26. The fraction of sp³-hybridized carbons (Fsp3) is 0.278. The largest absolute Gasteiger partial charge is 0.378 e. The molecule has 1 aromatic carbocycles. The first-order chi connectivity index (χ1) is 11.7. The molecule has 0 bridgehead atoms. The van der Waals surface area contributed by atoms with E-state index in [2.05, 4.69) is 14.9 Å². The number of anilines is 1. The number of hydrogen-bond donors (Lipinski definition) is 0. The summed E-state index contributed by atoms with van der Waals surface area (Å²) >= 11 is 0. The maximum Gasteiger partial charge on any atom is 0.225 e. The first-order valence-corrected chi connectivity index (χ1v) is 7.89. The van der Waals surface area contributed by atoms with Crippen LogP contribution in [0.3, 0.4) is 0 Å². The van der Waals surface area contributed by atoms with E-state index in [0.717, 1.165) is 24.2 Å². The van der Waals surface area contributed by atoms with Crippen LogP contribution in [0.2, 0.25) is 0 Å². The summed E-state index contributed by atoms with van der Waals surface area (Å²) in [6.07, 6.45) is 5.71. The van der Waals surface area contributed by atoms with Crippen LogP contribution >= 0.6 is 0 Å². The van der Waals surface area contributed by atoms with Crippen molar-refractivity contribution in [3.63, 3.8) is 0 Å². The summed E-state index contributed by atoms with van der Waals surface area (Å²) in [5, 5.41) is 0. The highest BCUT2D eigenvalue weighted by Crippen LogP contribution is 2.28. The Labute approximate surface area is 138 Å². The minimum absolute atomic E-state index is 0.123. The van der Waals surface area contributed by atoms with E-state index in [1.54, 1.807) is 24.5 Å². The summed E-state index contributed by atoms with van der Waals surface area (Å²) in [6.45, 7) is 2.91. The number of halogens is 1. The highest BCUT2D eigenvalue weighted by atomic mass is 19.1. The van der Waals surface area contributed by atoms with Crippen LogP contribution in [0, 0.1) is 5.82 Å². The van der Waals surface area contributed by atoms with E-state index < -0.39 is 0 Å². The lowest BCUT2D eigenvalue weighted by Crippen LogP contribution is -2.37. The minimum Gasteiger partial charge on any atom is -0.378 e. The predicted octanol–water partition coefficient (Wildman–Crippen LogP) is 2.27. The monoisotopic (exact) mass is 325 g/mol. The molecule has 24 heavy (non-hydrogen) atoms. The predicted molar refractivity (Wildman–Crippen MR) is 87.5 cm³/mol. The van der Waals surface area contributed by atoms with Crippen LogP contribution in [0.5, 0.6) is 0 Å². The summed E-state index contributed by atoms with van der Waals surface area (Å²) in [4.78, 5) is 23.2. The maximum atomic E-state index is 13.3. The molecule has 6 heteroatoms. The fourth-order valence-electron chi connectivity index (χ4n) is 3.02. The SMILES string of the molecule is O=C1/C(=C\c2cnc(N3CCOCC3)nc2)Cc2ccc(F)cc21. The molecule has 1 aliphatic heterocycles. The fourth-order valence-corrected chi connectivity index (χ4v) is 3.02. The van der Waals surface area contributed by atoms with Crippen molar-refractivity contribution < 1.29 is 13.9 Å². The van der Waals surface area contributed by atoms with E-state index in [9.17, 15) is 9.18 Å². The van der Waals surface area contributed by atoms with E-state index >= 15 is 0 Å². The van der Waals surface area contributed by atoms with E-state index in [0.29, 0.717) is 36.7 Å². The molecule has 1 fully saturated rings. The summed E-state index contributed by atoms with van der Waals surface area (Å²) in [5.74, 6) is 0.159. The number of morpholine rings is 1. The molecule has 0 radical (unpaired) electrons. The van der Waals surface area contributed by atoms with Gasteiger partial charge in [0.25, 0.3) is 0 Å². The zero-order chi connectivity index (χ0) is 16.5. The van der Waals surface area contributed by atoms with Crippen molar-refractivity contribution in [1.29, 1.82) is 0 Å². The number of benzene rings is 1. The van der Waals surface area contributed by atoms with Gasteiger partial charge in [0, 0.05) is 48.6 Å². The minimum atomic E-state index is -0.387. The highest BCUT2D eigenvalue weighted by Gasteiger charge is 2.25. The van der Waals surface area contributed by atoms with Gasteiger partial charge in [-0.1, -0.05) is 6.07 Å². The van der Waals surface area contributed by atoms with Gasteiger partial charge in [-0.15, -0.1) is 0 Å². The van der Waals surface area contributed by atoms with Gasteiger partial charge in [0.15, 0.2) is 5.78 Å². The average Bonchev–Trinajstić information content (AvgIpc) is 2.92. The number of ketones is 1. The van der Waals surface area contributed by atoms with Gasteiger partial charge in [0.2, 0.25) is 5.95 Å². The molecule has 0 atom stereocenters. The Balaban J connectivity index is 1.55. The molecular formula is C18H16FN3O2. The van der Waals surface area contributed by atoms with Gasteiger partial charge in [-0.2, -0.15) is 0 Å². The Morgan fingerprint density at radius 1 is 1.17 bits per heavy atom. The zero-order valence-electron chi connectivity index (χ0n) is 13.0. The molecule has 122 valence electrons. The molecule has 1 aliphatic carbocycles. The molecule has 0 amide bonds. The molecule has 1 aromatic heterocycles. The van der Waals surface area contributed by atoms with Crippen LogP contribution in [0.4, 0.5) is 10.3 Å². The normalized spacial score (nSPS) is 19.0. The number of ether oxygens (including phenoxy) is 1. The number of rotatable bonds is 2. The maximum absolute atomic E-state index is 13.3. The first-order valence-electron chi connectivity index (χ1n) is 7.89. The van der Waals surface area contributed by atoms with Crippen molar-refractivity contribution in [3.8, 4) is 0 Å². The number of aromatic nitrogens is 2. The Hall–Kier alpha value is -2.60. The number of carbonyl (C=O) groups excluding carboxylic acids is 1. The third kappa shape index (κ3) is 2.80. The van der Waals surface area contributed by atoms with Crippen molar-refractivity contribution in [1.82, 2.24) is 9.97 Å². The second kappa shape index (κ2) is 6.13. The lowest BCUT2D eigenvalue weighted by molar-refractivity contribution is 0.104. The van der Waals surface area contributed by atoms with Crippen molar-refractivity contribution in [3.05, 3.63) is 58.7 Å². The molecule has 2 aliphatic rings. The van der Waals surface area contributed by atoms with E-state index in [-0.39, 0.29) is 11.6 Å². The van der Waals surface area contributed by atoms with Crippen LogP contribution in [0.25, 0.3) is 6.08 Å². The quantitative estimate of drug-likeness (QED) is 0.793. The van der Waals surface area contributed by atoms with Gasteiger partial charge >= 0.3 is 0 Å². The number of allylic oxidation sites excluding steroid dienone is 1. The number of fused-ring (bicyclic) bond motifs is 1. The Morgan fingerprint density at radius 3 is 2.67 bits per heavy atom. The third-order valence-electron chi connectivity index (χ3n) is 4.28. The highest BCUT2D eigenvalue weighted by molar-refractivity contribution is 6.15. The Kier molecular flexibility index (Phi) is 3.82. The van der Waals surface area contributed by atoms with Gasteiger partial charge in [0.05, 0.1) is 13.2 Å². The molecule has 1 saturated heterocycles. The molecule has 0 spiro atoms. The number of hydrogen-bond acceptors (Lipinski definition) is 5. The van der Waals surface area contributed by atoms with Crippen molar-refractivity contribution in [2.45, 2.75) is 6.42 Å². The van der Waals surface area contributed by atoms with Gasteiger partial charge in [-0.3, -0.25) is 4.79 Å². The summed E-state index contributed by atoms with van der Waals surface area (Å²) < 4.78 is 18.6. The smallest absolute Gasteiger partial charge is 0.225 e. The topological polar surface area (TPSA) is 55.3 Å². The second-order valence-corrected chi connectivity index (χ2v) is 5.89. The molecule has 2 aromatic rings. The number of carbonyl (C=O) groups is 1. The summed E-state index contributed by atoms with van der Waals surface area (Å²) in [6, 6.07) is 4.35. The Morgan fingerprint density at radius 2 is 1.92 bits per heavy atom. The van der Waals surface area contributed by atoms with Crippen molar-refractivity contribution in [2.75, 3.05) is 31.2 Å². The molecule has 0 N–H and O–H groups in total. The standard InChI is InChI=1S/C18H16FN3O2/c19-15-2-1-13-8-14(17(23)16(13)9-15)7-12-10-20-18(21-11-12)22-3-5-24-6-4-22/h1-2,7,9-11H,3-6,8H2/b14-7-. The first kappa shape index (κ1) is 15.0. The number of nitrogens with zero attached hydrogens (tertiary/aromatic N) is 3. The molecule has 2 heterocycles. The van der Waals surface area contributed by atoms with Crippen molar-refractivity contribution in [2.24, 2.45) is 0 Å². The van der Waals surface area contributed by atoms with Crippen molar-refractivity contribution >= 4 is 17.8 Å².